The van der Waals surface area contributed by atoms with E-state index in [0.29, 0.717) is 0 Å². The Morgan fingerprint density at radius 2 is 0.886 bits per heavy atom. The Morgan fingerprint density at radius 1 is 0.343 bits per heavy atom. The minimum Gasteiger partial charge on any atom is -0.454 e. The zero-order valence-electron chi connectivity index (χ0n) is 38.2. The monoisotopic (exact) mass is 892 g/mol. The molecule has 70 heavy (non-hydrogen) atoms. The lowest BCUT2D eigenvalue weighted by molar-refractivity contribution is 0.666. The molecule has 0 aliphatic heterocycles. The van der Waals surface area contributed by atoms with Gasteiger partial charge in [-0.1, -0.05) is 200 Å². The fraction of sp³-hybridized carbons (Fsp3) is 0.0149. The molecule has 0 saturated carbocycles. The number of para-hydroxylation sites is 2. The van der Waals surface area contributed by atoms with Gasteiger partial charge in [-0.3, -0.25) is 0 Å². The van der Waals surface area contributed by atoms with Crippen molar-refractivity contribution in [3.8, 4) is 39.1 Å². The quantitative estimate of drug-likeness (QED) is 0.152. The Balaban J connectivity index is 0.977. The SMILES string of the molecule is c1ccc(-c2ccc(N(c3ccc4c(c3)c3ccccc3n4-c3ccc(-c4ccccc4)cc3)c3cccc4c3oc3cc5c(cc34)-c3ccccc3C5(c3ccccc3)c3ccccc3)cc2)cc1. The Labute approximate surface area is 406 Å². The zero-order valence-corrected chi connectivity index (χ0v) is 38.2. The molecule has 0 atom stereocenters. The highest BCUT2D eigenvalue weighted by Crippen LogP contribution is 2.58. The van der Waals surface area contributed by atoms with Crippen LogP contribution in [0.1, 0.15) is 22.3 Å². The molecule has 11 aromatic carbocycles. The second kappa shape index (κ2) is 16.0. The summed E-state index contributed by atoms with van der Waals surface area (Å²) in [6, 6.07) is 96.9. The van der Waals surface area contributed by atoms with Gasteiger partial charge in [0.25, 0.3) is 0 Å². The molecule has 0 bridgehead atoms. The van der Waals surface area contributed by atoms with Crippen molar-refractivity contribution in [3.05, 3.63) is 289 Å². The molecule has 0 N–H and O–H groups in total. The summed E-state index contributed by atoms with van der Waals surface area (Å²) in [6.45, 7) is 0. The van der Waals surface area contributed by atoms with Crippen LogP contribution in [0.3, 0.4) is 0 Å². The molecule has 0 spiro atoms. The van der Waals surface area contributed by atoms with Gasteiger partial charge in [0.1, 0.15) is 5.58 Å². The predicted octanol–water partition coefficient (Wildman–Crippen LogP) is 17.8. The summed E-state index contributed by atoms with van der Waals surface area (Å²) >= 11 is 0. The molecule has 0 amide bonds. The van der Waals surface area contributed by atoms with Gasteiger partial charge in [0.05, 0.1) is 22.1 Å². The number of anilines is 3. The molecule has 13 aromatic rings. The van der Waals surface area contributed by atoms with Gasteiger partial charge in [0.2, 0.25) is 0 Å². The van der Waals surface area contributed by atoms with Crippen molar-refractivity contribution in [2.24, 2.45) is 0 Å². The van der Waals surface area contributed by atoms with Gasteiger partial charge in [-0.2, -0.15) is 0 Å². The maximum atomic E-state index is 7.31. The number of benzene rings is 11. The van der Waals surface area contributed by atoms with E-state index in [-0.39, 0.29) is 0 Å². The third-order valence-electron chi connectivity index (χ3n) is 14.7. The molecular formula is C67H44N2O. The molecule has 0 radical (unpaired) electrons. The third-order valence-corrected chi connectivity index (χ3v) is 14.7. The largest absolute Gasteiger partial charge is 0.454 e. The van der Waals surface area contributed by atoms with E-state index in [2.05, 4.69) is 276 Å². The van der Waals surface area contributed by atoms with Crippen molar-refractivity contribution < 1.29 is 4.42 Å². The summed E-state index contributed by atoms with van der Waals surface area (Å²) in [4.78, 5) is 2.38. The van der Waals surface area contributed by atoms with Crippen molar-refractivity contribution in [1.29, 1.82) is 0 Å². The Morgan fingerprint density at radius 3 is 1.57 bits per heavy atom. The first-order valence-electron chi connectivity index (χ1n) is 24.1. The Hall–Kier alpha value is -9.18. The summed E-state index contributed by atoms with van der Waals surface area (Å²) in [6.07, 6.45) is 0. The molecule has 1 aliphatic carbocycles. The van der Waals surface area contributed by atoms with Gasteiger partial charge >= 0.3 is 0 Å². The van der Waals surface area contributed by atoms with Crippen LogP contribution in [0.25, 0.3) is 82.8 Å². The van der Waals surface area contributed by atoms with Gasteiger partial charge in [0, 0.05) is 38.6 Å². The van der Waals surface area contributed by atoms with Crippen LogP contribution in [0.2, 0.25) is 0 Å². The average Bonchev–Trinajstić information content (AvgIpc) is 4.08. The maximum absolute atomic E-state index is 7.31. The first-order chi connectivity index (χ1) is 34.7. The van der Waals surface area contributed by atoms with E-state index in [1.165, 1.54) is 60.8 Å². The number of aromatic nitrogens is 1. The first-order valence-corrected chi connectivity index (χ1v) is 24.1. The molecule has 0 saturated heterocycles. The molecule has 14 rings (SSSR count). The molecule has 0 fully saturated rings. The number of rotatable bonds is 8. The molecule has 2 heterocycles. The molecule has 328 valence electrons. The lowest BCUT2D eigenvalue weighted by Gasteiger charge is -2.33. The van der Waals surface area contributed by atoms with Crippen molar-refractivity contribution in [3.63, 3.8) is 0 Å². The van der Waals surface area contributed by atoms with Gasteiger partial charge in [-0.25, -0.2) is 0 Å². The summed E-state index contributed by atoms with van der Waals surface area (Å²) in [7, 11) is 0. The summed E-state index contributed by atoms with van der Waals surface area (Å²) in [5.41, 5.74) is 19.9. The van der Waals surface area contributed by atoms with Crippen LogP contribution in [-0.4, -0.2) is 4.57 Å². The third kappa shape index (κ3) is 6.08. The smallest absolute Gasteiger partial charge is 0.159 e. The van der Waals surface area contributed by atoms with E-state index in [0.717, 1.165) is 61.3 Å². The highest BCUT2D eigenvalue weighted by molar-refractivity contribution is 6.14. The van der Waals surface area contributed by atoms with Crippen molar-refractivity contribution >= 4 is 60.8 Å². The highest BCUT2D eigenvalue weighted by atomic mass is 16.3. The second-order valence-corrected chi connectivity index (χ2v) is 18.4. The van der Waals surface area contributed by atoms with Gasteiger partial charge < -0.3 is 13.9 Å². The summed E-state index contributed by atoms with van der Waals surface area (Å²) < 4.78 is 9.70. The summed E-state index contributed by atoms with van der Waals surface area (Å²) in [5, 5.41) is 4.55. The molecular weight excluding hydrogens is 849 g/mol. The first kappa shape index (κ1) is 39.9. The minimum absolute atomic E-state index is 0.532. The predicted molar refractivity (Wildman–Crippen MR) is 291 cm³/mol. The van der Waals surface area contributed by atoms with Gasteiger partial charge in [-0.15, -0.1) is 0 Å². The van der Waals surface area contributed by atoms with Crippen molar-refractivity contribution in [2.75, 3.05) is 4.90 Å². The van der Waals surface area contributed by atoms with Gasteiger partial charge in [-0.05, 0) is 122 Å². The molecule has 0 unspecified atom stereocenters. The van der Waals surface area contributed by atoms with Crippen LogP contribution < -0.4 is 4.90 Å². The highest BCUT2D eigenvalue weighted by Gasteiger charge is 2.46. The number of furan rings is 1. The zero-order chi connectivity index (χ0) is 46.2. The van der Waals surface area contributed by atoms with E-state index < -0.39 is 5.41 Å². The normalized spacial score (nSPS) is 12.7. The molecule has 3 nitrogen and oxygen atoms in total. The van der Waals surface area contributed by atoms with Crippen LogP contribution in [0.5, 0.6) is 0 Å². The number of fused-ring (bicyclic) bond motifs is 9. The Bertz CT molecular complexity index is 4040. The average molecular weight is 893 g/mol. The van der Waals surface area contributed by atoms with Crippen LogP contribution in [-0.2, 0) is 5.41 Å². The number of nitrogens with zero attached hydrogens (tertiary/aromatic N) is 2. The number of hydrogen-bond acceptors (Lipinski definition) is 2. The van der Waals surface area contributed by atoms with Crippen molar-refractivity contribution in [1.82, 2.24) is 4.57 Å². The lowest BCUT2D eigenvalue weighted by atomic mass is 9.67. The van der Waals surface area contributed by atoms with E-state index in [1.807, 2.05) is 0 Å². The fourth-order valence-electron chi connectivity index (χ4n) is 11.6. The van der Waals surface area contributed by atoms with Gasteiger partial charge in [0.15, 0.2) is 5.58 Å². The minimum atomic E-state index is -0.532. The van der Waals surface area contributed by atoms with E-state index in [4.69, 9.17) is 4.42 Å². The van der Waals surface area contributed by atoms with E-state index >= 15 is 0 Å². The van der Waals surface area contributed by atoms with Crippen molar-refractivity contribution in [2.45, 2.75) is 5.41 Å². The topological polar surface area (TPSA) is 21.3 Å². The van der Waals surface area contributed by atoms with Crippen LogP contribution in [0.15, 0.2) is 271 Å². The summed E-state index contributed by atoms with van der Waals surface area (Å²) in [5.74, 6) is 0. The standard InChI is InChI=1S/C67H44N2O/c1-5-18-45(19-6-1)47-32-36-51(37-33-47)68(53-40-41-63-58(42-53)55-27-14-16-30-62(55)69(63)52-38-34-48(35-39-52)46-20-7-2-8-21-46)64-31-17-28-56-59-43-57-54-26-13-15-29-60(54)67(49-22-9-3-10-23-49,50-24-11-4-12-25-50)61(57)44-65(59)70-66(56)64/h1-44H. The van der Waals surface area contributed by atoms with Crippen LogP contribution in [0, 0.1) is 0 Å². The van der Waals surface area contributed by atoms with E-state index in [1.54, 1.807) is 0 Å². The van der Waals surface area contributed by atoms with Crippen LogP contribution in [0.4, 0.5) is 17.1 Å². The maximum Gasteiger partial charge on any atom is 0.159 e. The lowest BCUT2D eigenvalue weighted by Crippen LogP contribution is -2.28. The van der Waals surface area contributed by atoms with E-state index in [9.17, 15) is 0 Å². The molecule has 2 aromatic heterocycles. The number of hydrogen-bond donors (Lipinski definition) is 0. The van der Waals surface area contributed by atoms with Crippen LogP contribution >= 0.6 is 0 Å². The Kier molecular flexibility index (Phi) is 9.11. The second-order valence-electron chi connectivity index (χ2n) is 18.4. The fourth-order valence-corrected chi connectivity index (χ4v) is 11.6. The molecule has 1 aliphatic rings. The molecule has 3 heteroatoms.